The molecule has 0 aliphatic rings. The number of carbonyl (C=O) groups is 1. The molecule has 0 saturated heterocycles. The molecule has 0 N–H and O–H groups in total. The molecule has 0 fully saturated rings. The van der Waals surface area contributed by atoms with Gasteiger partial charge in [-0.1, -0.05) is 15.9 Å². The SMILES string of the molecule is CN(Cc1ccnc2ccc(Br)cc12)C(=O)OC(C)(C)C. The number of aromatic nitrogens is 1. The molecule has 21 heavy (non-hydrogen) atoms. The van der Waals surface area contributed by atoms with Crippen molar-refractivity contribution in [3.05, 3.63) is 40.5 Å². The lowest BCUT2D eigenvalue weighted by atomic mass is 10.1. The zero-order valence-electron chi connectivity index (χ0n) is 12.7. The number of carbonyl (C=O) groups excluding carboxylic acids is 1. The predicted octanol–water partition coefficient (Wildman–Crippen LogP) is 4.36. The van der Waals surface area contributed by atoms with E-state index in [4.69, 9.17) is 4.74 Å². The van der Waals surface area contributed by atoms with Gasteiger partial charge in [0.25, 0.3) is 0 Å². The average molecular weight is 351 g/mol. The van der Waals surface area contributed by atoms with Gasteiger partial charge in [-0.15, -0.1) is 0 Å². The van der Waals surface area contributed by atoms with Gasteiger partial charge in [-0.25, -0.2) is 4.79 Å². The first-order valence-corrected chi connectivity index (χ1v) is 7.53. The van der Waals surface area contributed by atoms with Crippen molar-refractivity contribution in [2.24, 2.45) is 0 Å². The Morgan fingerprint density at radius 1 is 1.33 bits per heavy atom. The summed E-state index contributed by atoms with van der Waals surface area (Å²) in [5, 5.41) is 1.03. The second-order valence-corrected chi connectivity index (χ2v) is 6.88. The van der Waals surface area contributed by atoms with E-state index in [1.807, 2.05) is 45.0 Å². The molecule has 0 aliphatic carbocycles. The van der Waals surface area contributed by atoms with E-state index in [0.29, 0.717) is 6.54 Å². The van der Waals surface area contributed by atoms with Crippen molar-refractivity contribution >= 4 is 32.9 Å². The molecule has 2 aromatic rings. The Balaban J connectivity index is 2.23. The van der Waals surface area contributed by atoms with Gasteiger partial charge in [-0.3, -0.25) is 4.98 Å². The van der Waals surface area contributed by atoms with E-state index < -0.39 is 5.60 Å². The standard InChI is InChI=1S/C16H19BrN2O2/c1-16(2,3)21-15(20)19(4)10-11-7-8-18-14-6-5-12(17)9-13(11)14/h5-9H,10H2,1-4H3. The fourth-order valence-corrected chi connectivity index (χ4v) is 2.33. The smallest absolute Gasteiger partial charge is 0.410 e. The second kappa shape index (κ2) is 6.02. The van der Waals surface area contributed by atoms with Crippen LogP contribution in [-0.4, -0.2) is 28.6 Å². The highest BCUT2D eigenvalue weighted by atomic mass is 79.9. The number of fused-ring (bicyclic) bond motifs is 1. The molecular formula is C16H19BrN2O2. The molecule has 0 unspecified atom stereocenters. The molecule has 0 saturated carbocycles. The number of pyridine rings is 1. The van der Waals surface area contributed by atoms with Crippen molar-refractivity contribution in [2.75, 3.05) is 7.05 Å². The molecule has 1 aromatic heterocycles. The minimum absolute atomic E-state index is 0.331. The summed E-state index contributed by atoms with van der Waals surface area (Å²) in [4.78, 5) is 18.0. The Morgan fingerprint density at radius 2 is 2.05 bits per heavy atom. The number of benzene rings is 1. The molecule has 2 rings (SSSR count). The third-order valence-corrected chi connectivity index (χ3v) is 3.40. The Bertz CT molecular complexity index is 665. The second-order valence-electron chi connectivity index (χ2n) is 5.97. The Morgan fingerprint density at radius 3 is 2.71 bits per heavy atom. The van der Waals surface area contributed by atoms with Crippen molar-refractivity contribution in [3.8, 4) is 0 Å². The summed E-state index contributed by atoms with van der Waals surface area (Å²) in [5.41, 5.74) is 1.46. The van der Waals surface area contributed by atoms with Gasteiger partial charge in [0.05, 0.1) is 5.52 Å². The first-order valence-electron chi connectivity index (χ1n) is 6.73. The number of nitrogens with zero attached hydrogens (tertiary/aromatic N) is 2. The summed E-state index contributed by atoms with van der Waals surface area (Å²) < 4.78 is 6.36. The van der Waals surface area contributed by atoms with Crippen LogP contribution in [-0.2, 0) is 11.3 Å². The quantitative estimate of drug-likeness (QED) is 0.807. The van der Waals surface area contributed by atoms with Crippen LogP contribution in [0.4, 0.5) is 4.79 Å². The molecular weight excluding hydrogens is 332 g/mol. The first-order chi connectivity index (χ1) is 9.76. The number of hydrogen-bond donors (Lipinski definition) is 0. The summed E-state index contributed by atoms with van der Waals surface area (Å²) in [6.07, 6.45) is 1.43. The molecule has 5 heteroatoms. The highest BCUT2D eigenvalue weighted by Crippen LogP contribution is 2.22. The number of rotatable bonds is 2. The highest BCUT2D eigenvalue weighted by molar-refractivity contribution is 9.10. The van der Waals surface area contributed by atoms with Crippen LogP contribution >= 0.6 is 15.9 Å². The van der Waals surface area contributed by atoms with Crippen molar-refractivity contribution in [1.82, 2.24) is 9.88 Å². The van der Waals surface area contributed by atoms with Crippen LogP contribution in [0.3, 0.4) is 0 Å². The molecule has 1 aromatic carbocycles. The molecule has 1 amide bonds. The van der Waals surface area contributed by atoms with Crippen molar-refractivity contribution in [1.29, 1.82) is 0 Å². The summed E-state index contributed by atoms with van der Waals surface area (Å²) >= 11 is 3.47. The van der Waals surface area contributed by atoms with Gasteiger partial charge in [0, 0.05) is 29.6 Å². The van der Waals surface area contributed by atoms with E-state index in [9.17, 15) is 4.79 Å². The van der Waals surface area contributed by atoms with Gasteiger partial charge in [0.15, 0.2) is 0 Å². The lowest BCUT2D eigenvalue weighted by Gasteiger charge is -2.25. The van der Waals surface area contributed by atoms with Crippen molar-refractivity contribution in [2.45, 2.75) is 32.9 Å². The van der Waals surface area contributed by atoms with Crippen LogP contribution in [0.1, 0.15) is 26.3 Å². The summed E-state index contributed by atoms with van der Waals surface area (Å²) in [6.45, 7) is 6.05. The van der Waals surface area contributed by atoms with Crippen LogP contribution < -0.4 is 0 Å². The number of amides is 1. The van der Waals surface area contributed by atoms with Crippen LogP contribution in [0.15, 0.2) is 34.9 Å². The van der Waals surface area contributed by atoms with Crippen molar-refractivity contribution < 1.29 is 9.53 Å². The number of hydrogen-bond acceptors (Lipinski definition) is 3. The van der Waals surface area contributed by atoms with Gasteiger partial charge in [-0.2, -0.15) is 0 Å². The topological polar surface area (TPSA) is 42.4 Å². The molecule has 0 radical (unpaired) electrons. The fourth-order valence-electron chi connectivity index (χ4n) is 1.97. The number of halogens is 1. The normalized spacial score (nSPS) is 11.5. The molecule has 0 atom stereocenters. The zero-order chi connectivity index (χ0) is 15.6. The van der Waals surface area contributed by atoms with Gasteiger partial charge < -0.3 is 9.64 Å². The predicted molar refractivity (Wildman–Crippen MR) is 87.1 cm³/mol. The Kier molecular flexibility index (Phi) is 4.52. The van der Waals surface area contributed by atoms with Crippen molar-refractivity contribution in [3.63, 3.8) is 0 Å². The van der Waals surface area contributed by atoms with Crippen LogP contribution in [0.25, 0.3) is 10.9 Å². The lowest BCUT2D eigenvalue weighted by molar-refractivity contribution is 0.0286. The highest BCUT2D eigenvalue weighted by Gasteiger charge is 2.20. The summed E-state index contributed by atoms with van der Waals surface area (Å²) in [5.74, 6) is 0. The van der Waals surface area contributed by atoms with Gasteiger partial charge in [0.1, 0.15) is 5.60 Å². The Hall–Kier alpha value is -1.62. The van der Waals surface area contributed by atoms with E-state index in [2.05, 4.69) is 20.9 Å². The molecule has 0 bridgehead atoms. The van der Waals surface area contributed by atoms with E-state index in [-0.39, 0.29) is 6.09 Å². The van der Waals surface area contributed by atoms with Gasteiger partial charge in [-0.05, 0) is 50.6 Å². The maximum Gasteiger partial charge on any atom is 0.410 e. The first kappa shape index (κ1) is 15.8. The molecule has 0 spiro atoms. The molecule has 4 nitrogen and oxygen atoms in total. The van der Waals surface area contributed by atoms with E-state index in [0.717, 1.165) is 20.9 Å². The molecule has 0 aliphatic heterocycles. The minimum atomic E-state index is -0.491. The summed E-state index contributed by atoms with van der Waals surface area (Å²) in [7, 11) is 1.73. The number of ether oxygens (including phenoxy) is 1. The largest absolute Gasteiger partial charge is 0.444 e. The fraction of sp³-hybridized carbons (Fsp3) is 0.375. The maximum atomic E-state index is 12.0. The third kappa shape index (κ3) is 4.17. The minimum Gasteiger partial charge on any atom is -0.444 e. The maximum absolute atomic E-state index is 12.0. The van der Waals surface area contributed by atoms with Crippen LogP contribution in [0.5, 0.6) is 0 Å². The van der Waals surface area contributed by atoms with E-state index in [1.165, 1.54) is 0 Å². The van der Waals surface area contributed by atoms with E-state index >= 15 is 0 Å². The van der Waals surface area contributed by atoms with Crippen LogP contribution in [0, 0.1) is 0 Å². The monoisotopic (exact) mass is 350 g/mol. The van der Waals surface area contributed by atoms with E-state index in [1.54, 1.807) is 18.1 Å². The lowest BCUT2D eigenvalue weighted by Crippen LogP contribution is -2.33. The zero-order valence-corrected chi connectivity index (χ0v) is 14.3. The van der Waals surface area contributed by atoms with Crippen LogP contribution in [0.2, 0.25) is 0 Å². The third-order valence-electron chi connectivity index (χ3n) is 2.91. The Labute approximate surface area is 133 Å². The molecule has 112 valence electrons. The van der Waals surface area contributed by atoms with Gasteiger partial charge in [0.2, 0.25) is 0 Å². The molecule has 1 heterocycles. The average Bonchev–Trinajstić information content (AvgIpc) is 2.37. The van der Waals surface area contributed by atoms with Gasteiger partial charge >= 0.3 is 6.09 Å². The summed E-state index contributed by atoms with van der Waals surface area (Å²) in [6, 6.07) is 7.85.